The summed E-state index contributed by atoms with van der Waals surface area (Å²) in [7, 11) is 0. The van der Waals surface area contributed by atoms with E-state index in [0.717, 1.165) is 38.8 Å². The summed E-state index contributed by atoms with van der Waals surface area (Å²) in [6.45, 7) is 3.39. The van der Waals surface area contributed by atoms with Crippen LogP contribution in [0.5, 0.6) is 5.75 Å². The quantitative estimate of drug-likeness (QED) is 0.468. The number of likely N-dealkylation sites (tertiary alicyclic amines) is 1. The minimum absolute atomic E-state index is 0.145. The van der Waals surface area contributed by atoms with Crippen molar-refractivity contribution < 1.29 is 19.1 Å². The van der Waals surface area contributed by atoms with E-state index in [0.29, 0.717) is 23.8 Å². The highest BCUT2D eigenvalue weighted by molar-refractivity contribution is 5.94. The molecule has 0 spiro atoms. The monoisotopic (exact) mass is 398 g/mol. The number of ether oxygens (including phenoxy) is 1. The number of hydrogen-bond donors (Lipinski definition) is 1. The minimum atomic E-state index is -0.414. The normalized spacial score (nSPS) is 17.6. The highest BCUT2D eigenvalue weighted by atomic mass is 16.5. The molecule has 0 unspecified atom stereocenters. The van der Waals surface area contributed by atoms with Crippen molar-refractivity contribution in [2.24, 2.45) is 5.92 Å². The molecule has 2 fully saturated rings. The smallest absolute Gasteiger partial charge is 0.308 e. The van der Waals surface area contributed by atoms with Gasteiger partial charge in [-0.1, -0.05) is 18.1 Å². The van der Waals surface area contributed by atoms with Crippen LogP contribution in [0.2, 0.25) is 0 Å². The van der Waals surface area contributed by atoms with Crippen LogP contribution < -0.4 is 10.1 Å². The number of carbonyl (C=O) groups is 3. The maximum absolute atomic E-state index is 12.5. The van der Waals surface area contributed by atoms with E-state index in [4.69, 9.17) is 4.74 Å². The molecule has 1 aromatic rings. The predicted molar refractivity (Wildman–Crippen MR) is 111 cm³/mol. The van der Waals surface area contributed by atoms with Crippen LogP contribution in [-0.2, 0) is 9.59 Å². The second kappa shape index (κ2) is 10.2. The van der Waals surface area contributed by atoms with Crippen LogP contribution in [0.15, 0.2) is 35.9 Å². The van der Waals surface area contributed by atoms with Crippen LogP contribution in [0.4, 0.5) is 0 Å². The summed E-state index contributed by atoms with van der Waals surface area (Å²) in [5.41, 5.74) is 1.77. The molecule has 1 saturated heterocycles. The highest BCUT2D eigenvalue weighted by Gasteiger charge is 2.23. The standard InChI is InChI=1S/C23H30N2O4/c1-17(26)29-21-9-5-8-20(15-21)23(28)24-16-19-10-12-25(13-11-19)22(27)14-18-6-3-2-4-7-18/h5,8-9,14-15,19H,2-4,6-7,10-13,16H2,1H3,(H,24,28). The Labute approximate surface area is 172 Å². The summed E-state index contributed by atoms with van der Waals surface area (Å²) in [5, 5.41) is 2.96. The number of nitrogens with one attached hydrogen (secondary N) is 1. The summed E-state index contributed by atoms with van der Waals surface area (Å²) >= 11 is 0. The van der Waals surface area contributed by atoms with E-state index in [1.165, 1.54) is 31.8 Å². The summed E-state index contributed by atoms with van der Waals surface area (Å²) in [6, 6.07) is 6.60. The van der Waals surface area contributed by atoms with Gasteiger partial charge in [-0.15, -0.1) is 0 Å². The number of nitrogens with zero attached hydrogens (tertiary/aromatic N) is 1. The SMILES string of the molecule is CC(=O)Oc1cccc(C(=O)NCC2CCN(C(=O)C=C3CCCCC3)CC2)c1. The summed E-state index contributed by atoms with van der Waals surface area (Å²) in [5.74, 6) is 0.278. The van der Waals surface area contributed by atoms with Gasteiger partial charge in [0.15, 0.2) is 0 Å². The van der Waals surface area contributed by atoms with Crippen molar-refractivity contribution >= 4 is 17.8 Å². The number of carbonyl (C=O) groups excluding carboxylic acids is 3. The number of esters is 1. The van der Waals surface area contributed by atoms with E-state index in [-0.39, 0.29) is 11.8 Å². The van der Waals surface area contributed by atoms with Crippen molar-refractivity contribution in [2.45, 2.75) is 51.9 Å². The zero-order valence-corrected chi connectivity index (χ0v) is 17.1. The Kier molecular flexibility index (Phi) is 7.44. The highest BCUT2D eigenvalue weighted by Crippen LogP contribution is 2.24. The van der Waals surface area contributed by atoms with Gasteiger partial charge in [-0.3, -0.25) is 14.4 Å². The van der Waals surface area contributed by atoms with Crippen LogP contribution in [-0.4, -0.2) is 42.3 Å². The van der Waals surface area contributed by atoms with Crippen LogP contribution in [0.3, 0.4) is 0 Å². The maximum Gasteiger partial charge on any atom is 0.308 e. The third kappa shape index (κ3) is 6.44. The van der Waals surface area contributed by atoms with Gasteiger partial charge in [-0.05, 0) is 62.6 Å². The second-order valence-electron chi connectivity index (χ2n) is 7.96. The molecule has 1 aliphatic carbocycles. The molecule has 29 heavy (non-hydrogen) atoms. The summed E-state index contributed by atoms with van der Waals surface area (Å²) in [4.78, 5) is 37.9. The minimum Gasteiger partial charge on any atom is -0.427 e. The molecule has 1 heterocycles. The van der Waals surface area contributed by atoms with Gasteiger partial charge in [0, 0.05) is 38.2 Å². The Hall–Kier alpha value is -2.63. The summed E-state index contributed by atoms with van der Waals surface area (Å²) < 4.78 is 5.03. The van der Waals surface area contributed by atoms with Crippen molar-refractivity contribution in [3.8, 4) is 5.75 Å². The van der Waals surface area contributed by atoms with Gasteiger partial charge >= 0.3 is 5.97 Å². The first kappa shape index (κ1) is 21.1. The Morgan fingerprint density at radius 3 is 2.55 bits per heavy atom. The lowest BCUT2D eigenvalue weighted by atomic mass is 9.93. The third-order valence-corrected chi connectivity index (χ3v) is 5.66. The van der Waals surface area contributed by atoms with Crippen LogP contribution in [0, 0.1) is 5.92 Å². The number of benzene rings is 1. The van der Waals surface area contributed by atoms with E-state index in [9.17, 15) is 14.4 Å². The molecule has 1 aliphatic heterocycles. The molecule has 1 saturated carbocycles. The van der Waals surface area contributed by atoms with Gasteiger partial charge in [-0.25, -0.2) is 0 Å². The van der Waals surface area contributed by atoms with Crippen molar-refractivity contribution in [1.29, 1.82) is 0 Å². The number of hydrogen-bond acceptors (Lipinski definition) is 4. The number of allylic oxidation sites excluding steroid dienone is 1. The fraction of sp³-hybridized carbons (Fsp3) is 0.522. The molecule has 6 heteroatoms. The number of amides is 2. The van der Waals surface area contributed by atoms with Gasteiger partial charge in [0.05, 0.1) is 0 Å². The van der Waals surface area contributed by atoms with Gasteiger partial charge in [0.25, 0.3) is 5.91 Å². The topological polar surface area (TPSA) is 75.7 Å². The Morgan fingerprint density at radius 1 is 1.14 bits per heavy atom. The first-order chi connectivity index (χ1) is 14.0. The second-order valence-corrected chi connectivity index (χ2v) is 7.96. The first-order valence-electron chi connectivity index (χ1n) is 10.6. The molecule has 2 aliphatic rings. The lowest BCUT2D eigenvalue weighted by molar-refractivity contribution is -0.132. The molecule has 0 atom stereocenters. The molecule has 2 amide bonds. The number of piperidine rings is 1. The predicted octanol–water partition coefficient (Wildman–Crippen LogP) is 3.47. The number of rotatable bonds is 5. The Bertz CT molecular complexity index is 771. The average molecular weight is 399 g/mol. The molecule has 0 bridgehead atoms. The van der Waals surface area contributed by atoms with E-state index in [1.54, 1.807) is 24.3 Å². The van der Waals surface area contributed by atoms with Gasteiger partial charge in [-0.2, -0.15) is 0 Å². The van der Waals surface area contributed by atoms with Gasteiger partial charge < -0.3 is 15.0 Å². The molecule has 0 aromatic heterocycles. The lowest BCUT2D eigenvalue weighted by Gasteiger charge is -2.31. The average Bonchev–Trinajstić information content (AvgIpc) is 2.73. The van der Waals surface area contributed by atoms with Crippen LogP contribution in [0.1, 0.15) is 62.2 Å². The molecule has 0 radical (unpaired) electrons. The third-order valence-electron chi connectivity index (χ3n) is 5.66. The van der Waals surface area contributed by atoms with E-state index in [1.807, 2.05) is 11.0 Å². The zero-order valence-electron chi connectivity index (χ0n) is 17.1. The van der Waals surface area contributed by atoms with Gasteiger partial charge in [0.1, 0.15) is 5.75 Å². The maximum atomic E-state index is 12.5. The largest absolute Gasteiger partial charge is 0.427 e. The molecule has 156 valence electrons. The fourth-order valence-corrected chi connectivity index (χ4v) is 3.98. The molecule has 1 N–H and O–H groups in total. The zero-order chi connectivity index (χ0) is 20.6. The van der Waals surface area contributed by atoms with Crippen molar-refractivity contribution in [1.82, 2.24) is 10.2 Å². The van der Waals surface area contributed by atoms with E-state index < -0.39 is 5.97 Å². The molecule has 1 aromatic carbocycles. The Balaban J connectivity index is 1.43. The first-order valence-corrected chi connectivity index (χ1v) is 10.6. The van der Waals surface area contributed by atoms with Gasteiger partial charge in [0.2, 0.25) is 5.91 Å². The van der Waals surface area contributed by atoms with E-state index >= 15 is 0 Å². The van der Waals surface area contributed by atoms with Crippen LogP contribution in [0.25, 0.3) is 0 Å². The molecule has 6 nitrogen and oxygen atoms in total. The summed E-state index contributed by atoms with van der Waals surface area (Å²) in [6.07, 6.45) is 9.44. The van der Waals surface area contributed by atoms with Crippen molar-refractivity contribution in [3.63, 3.8) is 0 Å². The van der Waals surface area contributed by atoms with Crippen molar-refractivity contribution in [3.05, 3.63) is 41.5 Å². The molecule has 3 rings (SSSR count). The van der Waals surface area contributed by atoms with E-state index in [2.05, 4.69) is 5.32 Å². The molecular formula is C23H30N2O4. The van der Waals surface area contributed by atoms with Crippen molar-refractivity contribution in [2.75, 3.05) is 19.6 Å². The lowest BCUT2D eigenvalue weighted by Crippen LogP contribution is -2.41. The van der Waals surface area contributed by atoms with Crippen LogP contribution >= 0.6 is 0 Å². The Morgan fingerprint density at radius 2 is 1.86 bits per heavy atom. The molecular weight excluding hydrogens is 368 g/mol. The fourth-order valence-electron chi connectivity index (χ4n) is 3.98.